The SMILES string of the molecule is O=C(NCCn1ncc2c(=O)n(Cc3ccc(F)cc3)cnc21)C1CC(=O)N(c2ccc(Cl)cc2)C1. The highest BCUT2D eigenvalue weighted by atomic mass is 35.5. The quantitative estimate of drug-likeness (QED) is 0.413. The molecule has 3 heterocycles. The third kappa shape index (κ3) is 4.85. The number of carbonyl (C=O) groups is 2. The summed E-state index contributed by atoms with van der Waals surface area (Å²) < 4.78 is 16.1. The molecule has 5 rings (SSSR count). The minimum absolute atomic E-state index is 0.114. The molecule has 36 heavy (non-hydrogen) atoms. The van der Waals surface area contributed by atoms with E-state index >= 15 is 0 Å². The molecule has 0 spiro atoms. The number of nitrogens with zero attached hydrogens (tertiary/aromatic N) is 5. The number of hydrogen-bond donors (Lipinski definition) is 1. The fourth-order valence-electron chi connectivity index (χ4n) is 4.24. The summed E-state index contributed by atoms with van der Waals surface area (Å²) in [5, 5.41) is 8.03. The monoisotopic (exact) mass is 508 g/mol. The first-order valence-electron chi connectivity index (χ1n) is 11.4. The number of hydrogen-bond acceptors (Lipinski definition) is 5. The van der Waals surface area contributed by atoms with Gasteiger partial charge in [-0.25, -0.2) is 14.1 Å². The number of halogens is 2. The van der Waals surface area contributed by atoms with Crippen LogP contribution in [0.15, 0.2) is 65.8 Å². The van der Waals surface area contributed by atoms with Crippen molar-refractivity contribution in [3.8, 4) is 0 Å². The molecule has 1 atom stereocenters. The lowest BCUT2D eigenvalue weighted by Gasteiger charge is -2.16. The minimum atomic E-state index is -0.459. The van der Waals surface area contributed by atoms with E-state index in [1.54, 1.807) is 46.0 Å². The average Bonchev–Trinajstić information content (AvgIpc) is 3.47. The van der Waals surface area contributed by atoms with E-state index in [-0.39, 0.29) is 42.7 Å². The number of benzene rings is 2. The molecule has 2 aromatic carbocycles. The van der Waals surface area contributed by atoms with E-state index in [0.717, 1.165) is 5.56 Å². The van der Waals surface area contributed by atoms with Crippen LogP contribution in [0.3, 0.4) is 0 Å². The lowest BCUT2D eigenvalue weighted by Crippen LogP contribution is -2.35. The molecule has 1 unspecified atom stereocenters. The van der Waals surface area contributed by atoms with Gasteiger partial charge in [-0.15, -0.1) is 0 Å². The van der Waals surface area contributed by atoms with E-state index < -0.39 is 5.92 Å². The van der Waals surface area contributed by atoms with Crippen LogP contribution in [0.4, 0.5) is 10.1 Å². The lowest BCUT2D eigenvalue weighted by molar-refractivity contribution is -0.126. The van der Waals surface area contributed by atoms with E-state index in [2.05, 4.69) is 15.4 Å². The van der Waals surface area contributed by atoms with E-state index in [1.165, 1.54) is 29.2 Å². The summed E-state index contributed by atoms with van der Waals surface area (Å²) in [5.41, 5.74) is 1.63. The minimum Gasteiger partial charge on any atom is -0.354 e. The highest BCUT2D eigenvalue weighted by Crippen LogP contribution is 2.26. The predicted octanol–water partition coefficient (Wildman–Crippen LogP) is 2.60. The van der Waals surface area contributed by atoms with Gasteiger partial charge in [0, 0.05) is 30.2 Å². The Morgan fingerprint density at radius 1 is 1.11 bits per heavy atom. The number of rotatable bonds is 7. The fourth-order valence-corrected chi connectivity index (χ4v) is 4.37. The molecule has 1 fully saturated rings. The van der Waals surface area contributed by atoms with Crippen LogP contribution in [-0.4, -0.2) is 44.2 Å². The Hall–Kier alpha value is -4.05. The summed E-state index contributed by atoms with van der Waals surface area (Å²) in [5.74, 6) is -1.13. The summed E-state index contributed by atoms with van der Waals surface area (Å²) in [6.45, 7) is 1.13. The van der Waals surface area contributed by atoms with Crippen LogP contribution in [0.1, 0.15) is 12.0 Å². The molecular formula is C25H22ClFN6O3. The first kappa shape index (κ1) is 23.7. The van der Waals surface area contributed by atoms with E-state index in [1.807, 2.05) is 0 Å². The van der Waals surface area contributed by atoms with Crippen LogP contribution in [-0.2, 0) is 22.7 Å². The lowest BCUT2D eigenvalue weighted by atomic mass is 10.1. The van der Waals surface area contributed by atoms with Crippen LogP contribution in [0, 0.1) is 11.7 Å². The van der Waals surface area contributed by atoms with Crippen molar-refractivity contribution in [2.45, 2.75) is 19.5 Å². The number of fused-ring (bicyclic) bond motifs is 1. The Balaban J connectivity index is 1.19. The molecule has 4 aromatic rings. The van der Waals surface area contributed by atoms with Crippen molar-refractivity contribution in [1.82, 2.24) is 24.6 Å². The Kier molecular flexibility index (Phi) is 6.51. The molecular weight excluding hydrogens is 487 g/mol. The molecule has 0 radical (unpaired) electrons. The van der Waals surface area contributed by atoms with Gasteiger partial charge in [0.1, 0.15) is 17.5 Å². The molecule has 1 aliphatic heterocycles. The Bertz CT molecular complexity index is 1480. The van der Waals surface area contributed by atoms with Gasteiger partial charge >= 0.3 is 0 Å². The largest absolute Gasteiger partial charge is 0.354 e. The van der Waals surface area contributed by atoms with Crippen molar-refractivity contribution < 1.29 is 14.0 Å². The van der Waals surface area contributed by atoms with Crippen LogP contribution in [0.5, 0.6) is 0 Å². The van der Waals surface area contributed by atoms with Gasteiger partial charge in [0.2, 0.25) is 11.8 Å². The summed E-state index contributed by atoms with van der Waals surface area (Å²) in [4.78, 5) is 43.9. The maximum atomic E-state index is 13.1. The maximum Gasteiger partial charge on any atom is 0.264 e. The van der Waals surface area contributed by atoms with Crippen LogP contribution < -0.4 is 15.8 Å². The number of aromatic nitrogens is 4. The van der Waals surface area contributed by atoms with Gasteiger partial charge in [-0.05, 0) is 42.0 Å². The normalized spacial score (nSPS) is 15.6. The van der Waals surface area contributed by atoms with Crippen molar-refractivity contribution in [2.24, 2.45) is 5.92 Å². The second-order valence-corrected chi connectivity index (χ2v) is 9.02. The number of amides is 2. The molecule has 1 saturated heterocycles. The molecule has 11 heteroatoms. The highest BCUT2D eigenvalue weighted by molar-refractivity contribution is 6.30. The van der Waals surface area contributed by atoms with Crippen molar-refractivity contribution in [3.05, 3.63) is 87.8 Å². The smallest absolute Gasteiger partial charge is 0.264 e. The summed E-state index contributed by atoms with van der Waals surface area (Å²) in [6, 6.07) is 12.8. The topological polar surface area (TPSA) is 102 Å². The van der Waals surface area contributed by atoms with Gasteiger partial charge in [0.25, 0.3) is 5.56 Å². The molecule has 2 amide bonds. The zero-order chi connectivity index (χ0) is 25.2. The number of anilines is 1. The maximum absolute atomic E-state index is 13.1. The second kappa shape index (κ2) is 9.90. The fraction of sp³-hybridized carbons (Fsp3) is 0.240. The Morgan fingerprint density at radius 2 is 1.86 bits per heavy atom. The first-order valence-corrected chi connectivity index (χ1v) is 11.8. The summed E-state index contributed by atoms with van der Waals surface area (Å²) in [6.07, 6.45) is 3.02. The summed E-state index contributed by atoms with van der Waals surface area (Å²) >= 11 is 5.91. The Morgan fingerprint density at radius 3 is 2.61 bits per heavy atom. The van der Waals surface area contributed by atoms with Gasteiger partial charge in [0.15, 0.2) is 5.65 Å². The molecule has 1 aliphatic rings. The highest BCUT2D eigenvalue weighted by Gasteiger charge is 2.35. The molecule has 9 nitrogen and oxygen atoms in total. The van der Waals surface area contributed by atoms with Crippen molar-refractivity contribution in [1.29, 1.82) is 0 Å². The van der Waals surface area contributed by atoms with E-state index in [0.29, 0.717) is 34.8 Å². The molecule has 2 aromatic heterocycles. The number of carbonyl (C=O) groups excluding carboxylic acids is 2. The zero-order valence-electron chi connectivity index (χ0n) is 19.1. The van der Waals surface area contributed by atoms with Crippen molar-refractivity contribution in [3.63, 3.8) is 0 Å². The van der Waals surface area contributed by atoms with E-state index in [9.17, 15) is 18.8 Å². The molecule has 0 aliphatic carbocycles. The molecule has 0 saturated carbocycles. The molecule has 184 valence electrons. The standard InChI is InChI=1S/C25H22ClFN6O3/c26-18-3-7-20(8-4-18)32-14-17(11-22(32)34)24(35)28-9-10-33-23-21(12-30-33)25(36)31(15-29-23)13-16-1-5-19(27)6-2-16/h1-8,12,15,17H,9-11,13-14H2,(H,28,35). The van der Waals surface area contributed by atoms with Gasteiger partial charge < -0.3 is 10.2 Å². The van der Waals surface area contributed by atoms with Crippen LogP contribution in [0.2, 0.25) is 5.02 Å². The van der Waals surface area contributed by atoms with Gasteiger partial charge in [0.05, 0.1) is 25.2 Å². The van der Waals surface area contributed by atoms with Gasteiger partial charge in [-0.3, -0.25) is 19.0 Å². The molecule has 0 bridgehead atoms. The second-order valence-electron chi connectivity index (χ2n) is 8.58. The average molecular weight is 509 g/mol. The zero-order valence-corrected chi connectivity index (χ0v) is 19.9. The summed E-state index contributed by atoms with van der Waals surface area (Å²) in [7, 11) is 0. The third-order valence-corrected chi connectivity index (χ3v) is 6.40. The number of nitrogens with one attached hydrogen (secondary N) is 1. The van der Waals surface area contributed by atoms with Crippen molar-refractivity contribution in [2.75, 3.05) is 18.0 Å². The van der Waals surface area contributed by atoms with E-state index in [4.69, 9.17) is 11.6 Å². The van der Waals surface area contributed by atoms with Crippen LogP contribution >= 0.6 is 11.6 Å². The Labute approximate surface area is 210 Å². The third-order valence-electron chi connectivity index (χ3n) is 6.15. The predicted molar refractivity (Wildman–Crippen MR) is 132 cm³/mol. The molecule has 1 N–H and O–H groups in total. The van der Waals surface area contributed by atoms with Gasteiger partial charge in [-0.2, -0.15) is 5.10 Å². The van der Waals surface area contributed by atoms with Crippen molar-refractivity contribution >= 4 is 40.1 Å². The van der Waals surface area contributed by atoms with Gasteiger partial charge in [-0.1, -0.05) is 23.7 Å². The van der Waals surface area contributed by atoms with Crippen LogP contribution in [0.25, 0.3) is 11.0 Å². The first-order chi connectivity index (χ1) is 17.4.